The van der Waals surface area contributed by atoms with Crippen LogP contribution < -0.4 is 11.1 Å². The van der Waals surface area contributed by atoms with Gasteiger partial charge >= 0.3 is 0 Å². The van der Waals surface area contributed by atoms with Crippen LogP contribution in [0.3, 0.4) is 0 Å². The Kier molecular flexibility index (Phi) is 5.87. The quantitative estimate of drug-likeness (QED) is 0.368. The van der Waals surface area contributed by atoms with Crippen LogP contribution in [0.15, 0.2) is 30.6 Å². The Hall–Kier alpha value is -3.41. The minimum Gasteiger partial charge on any atom is -0.383 e. The summed E-state index contributed by atoms with van der Waals surface area (Å²) in [5.41, 5.74) is 9.74. The lowest BCUT2D eigenvalue weighted by Gasteiger charge is -2.12. The molecule has 5 rings (SSSR count). The average molecular weight is 450 g/mol. The van der Waals surface area contributed by atoms with Crippen LogP contribution in [0.25, 0.3) is 21.8 Å². The highest BCUT2D eigenvalue weighted by Crippen LogP contribution is 2.30. The first-order valence-electron chi connectivity index (χ1n) is 10.4. The van der Waals surface area contributed by atoms with E-state index in [1.165, 1.54) is 13.1 Å². The van der Waals surface area contributed by atoms with Crippen molar-refractivity contribution < 1.29 is 4.79 Å². The molecule has 0 amide bonds. The molecule has 8 nitrogen and oxygen atoms in total. The maximum absolute atomic E-state index is 12.3. The van der Waals surface area contributed by atoms with Crippen LogP contribution in [0.2, 0.25) is 0 Å². The first-order valence-corrected chi connectivity index (χ1v) is 10.4. The summed E-state index contributed by atoms with van der Waals surface area (Å²) < 4.78 is 3.81. The van der Waals surface area contributed by atoms with E-state index in [1.54, 1.807) is 0 Å². The van der Waals surface area contributed by atoms with E-state index in [2.05, 4.69) is 34.2 Å². The topological polar surface area (TPSA) is 104 Å². The number of nitrogens with one attached hydrogen (secondary N) is 1. The van der Waals surface area contributed by atoms with Gasteiger partial charge in [0.25, 0.3) is 0 Å². The summed E-state index contributed by atoms with van der Waals surface area (Å²) in [6, 6.07) is 6.10. The number of nitrogens with zero attached hydrogens (tertiary/aromatic N) is 5. The second-order valence-corrected chi connectivity index (χ2v) is 7.79. The maximum Gasteiger partial charge on any atom is 0.163 e. The average Bonchev–Trinajstić information content (AvgIpc) is 3.49. The Balaban J connectivity index is 0.00000245. The molecule has 0 unspecified atom stereocenters. The predicted octanol–water partition coefficient (Wildman–Crippen LogP) is 2.94. The molecule has 1 aromatic carbocycles. The van der Waals surface area contributed by atoms with Gasteiger partial charge in [-0.2, -0.15) is 10.2 Å². The number of hydrogen-bond acceptors (Lipinski definition) is 6. The fourth-order valence-electron chi connectivity index (χ4n) is 4.09. The summed E-state index contributed by atoms with van der Waals surface area (Å²) in [4.78, 5) is 16.5. The first kappa shape index (κ1) is 21.8. The van der Waals surface area contributed by atoms with Crippen molar-refractivity contribution in [3.05, 3.63) is 47.4 Å². The van der Waals surface area contributed by atoms with Crippen molar-refractivity contribution in [3.8, 4) is 11.8 Å². The SMILES string of the molecule is CCn1cc2ccc(C#Cc3nn([C@H]4CCNC4)c4c(C(C)=O)cnc(N)c34)cc2n1.Cl. The molecule has 32 heavy (non-hydrogen) atoms. The molecule has 3 aromatic heterocycles. The highest BCUT2D eigenvalue weighted by atomic mass is 35.5. The number of rotatable bonds is 3. The molecule has 0 aliphatic carbocycles. The van der Waals surface area contributed by atoms with Gasteiger partial charge in [0.1, 0.15) is 11.5 Å². The molecule has 0 bridgehead atoms. The molecule has 1 saturated heterocycles. The lowest BCUT2D eigenvalue weighted by molar-refractivity contribution is 0.101. The first-order chi connectivity index (χ1) is 15.0. The van der Waals surface area contributed by atoms with E-state index in [9.17, 15) is 4.79 Å². The zero-order valence-corrected chi connectivity index (χ0v) is 18.7. The summed E-state index contributed by atoms with van der Waals surface area (Å²) in [5, 5.41) is 14.4. The number of aryl methyl sites for hydroxylation is 1. The van der Waals surface area contributed by atoms with Crippen LogP contribution in [0.1, 0.15) is 47.9 Å². The van der Waals surface area contributed by atoms with Crippen LogP contribution in [0, 0.1) is 11.8 Å². The lowest BCUT2D eigenvalue weighted by Crippen LogP contribution is -2.15. The third-order valence-corrected chi connectivity index (χ3v) is 5.72. The normalized spacial score (nSPS) is 15.5. The number of benzene rings is 1. The van der Waals surface area contributed by atoms with Crippen molar-refractivity contribution in [3.63, 3.8) is 0 Å². The highest BCUT2D eigenvalue weighted by molar-refractivity contribution is 6.09. The summed E-state index contributed by atoms with van der Waals surface area (Å²) >= 11 is 0. The second-order valence-electron chi connectivity index (χ2n) is 7.79. The standard InChI is InChI=1S/C23H23N7O.ClH/c1-3-29-13-16-6-4-15(10-20(16)27-29)5-7-19-21-22(18(14(2)31)12-26-23(21)24)30(28-19)17-8-9-25-11-17;/h4,6,10,12-13,17,25H,3,8-9,11H2,1-2H3,(H2,24,26);1H/t17-;/m0./s1. The van der Waals surface area contributed by atoms with E-state index in [0.29, 0.717) is 22.5 Å². The number of nitrogens with two attached hydrogens (primary N) is 1. The van der Waals surface area contributed by atoms with Gasteiger partial charge in [0.05, 0.1) is 28.0 Å². The summed E-state index contributed by atoms with van der Waals surface area (Å²) in [5.74, 6) is 6.63. The smallest absolute Gasteiger partial charge is 0.163 e. The number of hydrogen-bond donors (Lipinski definition) is 2. The molecule has 1 aliphatic rings. The van der Waals surface area contributed by atoms with Gasteiger partial charge in [-0.1, -0.05) is 5.92 Å². The van der Waals surface area contributed by atoms with Gasteiger partial charge in [0.15, 0.2) is 5.78 Å². The summed E-state index contributed by atoms with van der Waals surface area (Å²) in [6.07, 6.45) is 4.49. The molecule has 4 aromatic rings. The molecular formula is C23H24ClN7O. The number of carbonyl (C=O) groups excluding carboxylic acids is 1. The van der Waals surface area contributed by atoms with Crippen LogP contribution in [-0.2, 0) is 6.54 Å². The molecule has 0 radical (unpaired) electrons. The van der Waals surface area contributed by atoms with E-state index in [1.807, 2.05) is 33.8 Å². The fraction of sp³-hybridized carbons (Fsp3) is 0.304. The van der Waals surface area contributed by atoms with Gasteiger partial charge in [-0.3, -0.25) is 14.2 Å². The predicted molar refractivity (Wildman–Crippen MR) is 127 cm³/mol. The summed E-state index contributed by atoms with van der Waals surface area (Å²) in [6.45, 7) is 6.11. The molecule has 4 heterocycles. The molecule has 0 saturated carbocycles. The Morgan fingerprint density at radius 1 is 1.31 bits per heavy atom. The van der Waals surface area contributed by atoms with Crippen molar-refractivity contribution in [1.82, 2.24) is 29.9 Å². The number of anilines is 1. The van der Waals surface area contributed by atoms with E-state index in [-0.39, 0.29) is 24.2 Å². The minimum absolute atomic E-state index is 0. The number of pyridine rings is 1. The molecule has 9 heteroatoms. The number of nitrogen functional groups attached to an aromatic ring is 1. The van der Waals surface area contributed by atoms with E-state index >= 15 is 0 Å². The Bertz CT molecular complexity index is 1390. The second kappa shape index (κ2) is 8.61. The Morgan fingerprint density at radius 2 is 2.16 bits per heavy atom. The van der Waals surface area contributed by atoms with Crippen LogP contribution in [-0.4, -0.2) is 43.4 Å². The van der Waals surface area contributed by atoms with Crippen LogP contribution in [0.5, 0.6) is 0 Å². The van der Waals surface area contributed by atoms with Crippen molar-refractivity contribution in [2.75, 3.05) is 18.8 Å². The highest BCUT2D eigenvalue weighted by Gasteiger charge is 2.25. The van der Waals surface area contributed by atoms with Crippen molar-refractivity contribution >= 4 is 45.8 Å². The molecule has 1 atom stereocenters. The zero-order valence-electron chi connectivity index (χ0n) is 17.9. The number of carbonyl (C=O) groups is 1. The third-order valence-electron chi connectivity index (χ3n) is 5.72. The van der Waals surface area contributed by atoms with Crippen LogP contribution in [0.4, 0.5) is 5.82 Å². The molecule has 164 valence electrons. The monoisotopic (exact) mass is 449 g/mol. The largest absolute Gasteiger partial charge is 0.383 e. The summed E-state index contributed by atoms with van der Waals surface area (Å²) in [7, 11) is 0. The minimum atomic E-state index is -0.0684. The third kappa shape index (κ3) is 3.70. The van der Waals surface area contributed by atoms with Gasteiger partial charge in [-0.05, 0) is 50.9 Å². The number of Topliss-reactive ketones (excluding diaryl/α,β-unsaturated/α-hetero) is 1. The van der Waals surface area contributed by atoms with Gasteiger partial charge in [-0.25, -0.2) is 4.98 Å². The maximum atomic E-state index is 12.3. The number of ketones is 1. The number of halogens is 1. The van der Waals surface area contributed by atoms with Crippen molar-refractivity contribution in [1.29, 1.82) is 0 Å². The molecule has 3 N–H and O–H groups in total. The van der Waals surface area contributed by atoms with Crippen molar-refractivity contribution in [2.45, 2.75) is 32.9 Å². The molecule has 1 fully saturated rings. The Morgan fingerprint density at radius 3 is 2.88 bits per heavy atom. The van der Waals surface area contributed by atoms with Gasteiger partial charge < -0.3 is 11.1 Å². The Labute approximate surface area is 191 Å². The molecule has 1 aliphatic heterocycles. The molecular weight excluding hydrogens is 426 g/mol. The molecule has 0 spiro atoms. The van der Waals surface area contributed by atoms with Gasteiger partial charge in [0, 0.05) is 36.4 Å². The number of aromatic nitrogens is 5. The van der Waals surface area contributed by atoms with E-state index in [0.717, 1.165) is 48.0 Å². The van der Waals surface area contributed by atoms with Gasteiger partial charge in [0.2, 0.25) is 0 Å². The zero-order chi connectivity index (χ0) is 21.5. The fourth-order valence-corrected chi connectivity index (χ4v) is 4.09. The van der Waals surface area contributed by atoms with Gasteiger partial charge in [-0.15, -0.1) is 12.4 Å². The number of fused-ring (bicyclic) bond motifs is 2. The van der Waals surface area contributed by atoms with Crippen LogP contribution >= 0.6 is 12.4 Å². The van der Waals surface area contributed by atoms with E-state index in [4.69, 9.17) is 10.8 Å². The van der Waals surface area contributed by atoms with E-state index < -0.39 is 0 Å². The van der Waals surface area contributed by atoms with Crippen molar-refractivity contribution in [2.24, 2.45) is 0 Å². The lowest BCUT2D eigenvalue weighted by atomic mass is 10.1.